The van der Waals surface area contributed by atoms with Gasteiger partial charge in [0, 0.05) is 0 Å². The van der Waals surface area contributed by atoms with E-state index < -0.39 is 32.6 Å². The van der Waals surface area contributed by atoms with Crippen LogP contribution in [0.25, 0.3) is 0 Å². The van der Waals surface area contributed by atoms with Gasteiger partial charge in [-0.2, -0.15) is 13.2 Å². The minimum absolute atomic E-state index is 0.536. The third-order valence-corrected chi connectivity index (χ3v) is 3.71. The molecule has 0 aromatic carbocycles. The number of rotatable bonds is 9. The highest BCUT2D eigenvalue weighted by molar-refractivity contribution is 7.47. The van der Waals surface area contributed by atoms with Gasteiger partial charge in [0.2, 0.25) is 0 Å². The number of phosphoric ester groups is 1. The summed E-state index contributed by atoms with van der Waals surface area (Å²) in [5.41, 5.74) is -0.855. The van der Waals surface area contributed by atoms with E-state index in [1.807, 2.05) is 13.8 Å². The van der Waals surface area contributed by atoms with E-state index in [-0.39, 0.29) is 0 Å². The van der Waals surface area contributed by atoms with Gasteiger partial charge >= 0.3 is 14.0 Å². The first-order valence-corrected chi connectivity index (χ1v) is 7.78. The van der Waals surface area contributed by atoms with Crippen LogP contribution in [0.3, 0.4) is 0 Å². The van der Waals surface area contributed by atoms with Crippen LogP contribution in [0.4, 0.5) is 13.2 Å². The zero-order valence-electron chi connectivity index (χ0n) is 11.5. The lowest BCUT2D eigenvalue weighted by molar-refractivity contribution is -0.140. The van der Waals surface area contributed by atoms with Crippen molar-refractivity contribution >= 4 is 7.82 Å². The predicted octanol–water partition coefficient (Wildman–Crippen LogP) is 4.43. The van der Waals surface area contributed by atoms with Gasteiger partial charge in [0.05, 0.1) is 18.6 Å². The summed E-state index contributed by atoms with van der Waals surface area (Å²) in [5.74, 6) is 0. The fourth-order valence-electron chi connectivity index (χ4n) is 1.86. The quantitative estimate of drug-likeness (QED) is 0.640. The van der Waals surface area contributed by atoms with Crippen LogP contribution in [0.5, 0.6) is 0 Å². The van der Waals surface area contributed by atoms with Crippen LogP contribution in [-0.4, -0.2) is 23.3 Å². The van der Waals surface area contributed by atoms with E-state index in [1.165, 1.54) is 0 Å². The van der Waals surface area contributed by atoms with E-state index in [1.54, 1.807) is 6.92 Å². The minimum atomic E-state index is -4.46. The number of hydrogen-bond donors (Lipinski definition) is 1. The fraction of sp³-hybridized carbons (Fsp3) is 1.00. The van der Waals surface area contributed by atoms with E-state index >= 15 is 0 Å². The van der Waals surface area contributed by atoms with Crippen molar-refractivity contribution < 1.29 is 31.7 Å². The number of hydrogen-bond acceptors (Lipinski definition) is 3. The third-order valence-electron chi connectivity index (χ3n) is 2.53. The van der Waals surface area contributed by atoms with Crippen molar-refractivity contribution in [2.45, 2.75) is 64.7 Å². The number of alkyl halides is 3. The molecule has 1 atom stereocenters. The molecule has 0 fully saturated rings. The van der Waals surface area contributed by atoms with Gasteiger partial charge in [-0.15, -0.1) is 0 Å². The van der Waals surface area contributed by atoms with Crippen molar-refractivity contribution in [2.75, 3.05) is 6.61 Å². The van der Waals surface area contributed by atoms with Crippen LogP contribution in [0.2, 0.25) is 0 Å². The topological polar surface area (TPSA) is 55.8 Å². The molecule has 0 bridgehead atoms. The van der Waals surface area contributed by atoms with Crippen molar-refractivity contribution in [1.82, 2.24) is 0 Å². The van der Waals surface area contributed by atoms with Gasteiger partial charge in [-0.3, -0.25) is 9.05 Å². The molecule has 0 saturated heterocycles. The molecule has 1 N–H and O–H groups in total. The molecule has 0 amide bonds. The maximum absolute atomic E-state index is 11.9. The highest BCUT2D eigenvalue weighted by Gasteiger charge is 2.36. The largest absolute Gasteiger partial charge is 0.472 e. The second-order valence-electron chi connectivity index (χ2n) is 4.71. The molecular formula is C11H22F3O4P. The molecule has 0 aromatic heterocycles. The maximum atomic E-state index is 11.9. The van der Waals surface area contributed by atoms with Crippen molar-refractivity contribution in [3.05, 3.63) is 0 Å². The Hall–Kier alpha value is -0.100. The van der Waals surface area contributed by atoms with E-state index in [0.717, 1.165) is 12.8 Å². The number of phosphoric acid groups is 1. The second-order valence-corrected chi connectivity index (χ2v) is 6.09. The first-order chi connectivity index (χ1) is 8.54. The lowest BCUT2D eigenvalue weighted by atomic mass is 9.95. The molecule has 0 spiro atoms. The molecule has 1 unspecified atom stereocenters. The van der Waals surface area contributed by atoms with E-state index in [9.17, 15) is 22.6 Å². The molecule has 8 heteroatoms. The summed E-state index contributed by atoms with van der Waals surface area (Å²) in [5, 5.41) is 0. The Morgan fingerprint density at radius 3 is 1.95 bits per heavy atom. The lowest BCUT2D eigenvalue weighted by Gasteiger charge is -2.30. The van der Waals surface area contributed by atoms with Crippen LogP contribution in [-0.2, 0) is 13.6 Å². The van der Waals surface area contributed by atoms with Crippen LogP contribution in [0.15, 0.2) is 0 Å². The Kier molecular flexibility index (Phi) is 7.58. The zero-order chi connectivity index (χ0) is 15.2. The second kappa shape index (κ2) is 7.62. The summed E-state index contributed by atoms with van der Waals surface area (Å²) in [6.45, 7) is 4.57. The van der Waals surface area contributed by atoms with E-state index in [0.29, 0.717) is 12.8 Å². The van der Waals surface area contributed by atoms with Crippen molar-refractivity contribution in [1.29, 1.82) is 0 Å². The predicted molar refractivity (Wildman–Crippen MR) is 65.8 cm³/mol. The van der Waals surface area contributed by atoms with Crippen molar-refractivity contribution in [3.63, 3.8) is 0 Å². The molecule has 4 nitrogen and oxygen atoms in total. The summed E-state index contributed by atoms with van der Waals surface area (Å²) in [4.78, 5) is 9.44. The average Bonchev–Trinajstić information content (AvgIpc) is 2.13. The monoisotopic (exact) mass is 306 g/mol. The van der Waals surface area contributed by atoms with Crippen LogP contribution < -0.4 is 0 Å². The Bertz CT molecular complexity index is 301. The molecule has 0 aliphatic carbocycles. The van der Waals surface area contributed by atoms with Gasteiger partial charge in [-0.25, -0.2) is 4.57 Å². The van der Waals surface area contributed by atoms with Gasteiger partial charge < -0.3 is 4.89 Å². The van der Waals surface area contributed by atoms with Gasteiger partial charge in [-0.1, -0.05) is 26.7 Å². The van der Waals surface area contributed by atoms with Crippen LogP contribution >= 0.6 is 7.82 Å². The molecule has 0 heterocycles. The third kappa shape index (κ3) is 9.44. The molecule has 0 saturated carbocycles. The molecule has 0 rings (SSSR count). The van der Waals surface area contributed by atoms with E-state index in [4.69, 9.17) is 4.52 Å². The highest BCUT2D eigenvalue weighted by Crippen LogP contribution is 2.49. The highest BCUT2D eigenvalue weighted by atomic mass is 31.2. The molecule has 116 valence electrons. The fourth-order valence-corrected chi connectivity index (χ4v) is 2.97. The SMILES string of the molecule is CCCC(C)(CCC)OP(=O)(O)OCCC(F)(F)F. The number of halogens is 3. The van der Waals surface area contributed by atoms with Gasteiger partial charge in [0.1, 0.15) is 0 Å². The Morgan fingerprint density at radius 1 is 1.11 bits per heavy atom. The van der Waals surface area contributed by atoms with Gasteiger partial charge in [-0.05, 0) is 19.8 Å². The Labute approximate surface area is 111 Å². The van der Waals surface area contributed by atoms with Crippen LogP contribution in [0, 0.1) is 0 Å². The van der Waals surface area contributed by atoms with Gasteiger partial charge in [0.15, 0.2) is 0 Å². The molecule has 0 aliphatic rings. The molecule has 19 heavy (non-hydrogen) atoms. The maximum Gasteiger partial charge on any atom is 0.472 e. The van der Waals surface area contributed by atoms with Crippen molar-refractivity contribution in [3.8, 4) is 0 Å². The first-order valence-electron chi connectivity index (χ1n) is 6.28. The molecule has 0 aliphatic heterocycles. The molecular weight excluding hydrogens is 284 g/mol. The molecule has 0 radical (unpaired) electrons. The standard InChI is InChI=1S/C11H22F3O4P/c1-4-6-10(3,7-5-2)18-19(15,16)17-9-8-11(12,13)14/h4-9H2,1-3H3,(H,15,16). The summed E-state index contributed by atoms with van der Waals surface area (Å²) in [6, 6.07) is 0. The van der Waals surface area contributed by atoms with Crippen LogP contribution in [0.1, 0.15) is 52.9 Å². The lowest BCUT2D eigenvalue weighted by Crippen LogP contribution is -2.27. The van der Waals surface area contributed by atoms with E-state index in [2.05, 4.69) is 4.52 Å². The van der Waals surface area contributed by atoms with Gasteiger partial charge in [0.25, 0.3) is 0 Å². The summed E-state index contributed by atoms with van der Waals surface area (Å²) in [6.07, 6.45) is -3.16. The normalized spacial score (nSPS) is 16.4. The zero-order valence-corrected chi connectivity index (χ0v) is 12.4. The first kappa shape index (κ1) is 18.9. The average molecular weight is 306 g/mol. The smallest absolute Gasteiger partial charge is 0.302 e. The Morgan fingerprint density at radius 2 is 1.58 bits per heavy atom. The van der Waals surface area contributed by atoms with Crippen molar-refractivity contribution in [2.24, 2.45) is 0 Å². The summed E-state index contributed by atoms with van der Waals surface area (Å²) >= 11 is 0. The Balaban J connectivity index is 4.42. The summed E-state index contributed by atoms with van der Waals surface area (Å²) in [7, 11) is -4.46. The summed E-state index contributed by atoms with van der Waals surface area (Å²) < 4.78 is 56.8. The molecule has 0 aromatic rings. The minimum Gasteiger partial charge on any atom is -0.302 e.